The van der Waals surface area contributed by atoms with Crippen molar-refractivity contribution in [2.45, 2.75) is 20.4 Å². The Balaban J connectivity index is 1.75. The van der Waals surface area contributed by atoms with Gasteiger partial charge in [0.2, 0.25) is 0 Å². The van der Waals surface area contributed by atoms with Crippen molar-refractivity contribution in [1.82, 2.24) is 0 Å². The van der Waals surface area contributed by atoms with E-state index in [2.05, 4.69) is 85.4 Å². The molecule has 3 aromatic rings. The molecular formula is C21H20N2. The van der Waals surface area contributed by atoms with Gasteiger partial charge in [-0.15, -0.1) is 0 Å². The summed E-state index contributed by atoms with van der Waals surface area (Å²) in [6.45, 7) is 5.11. The van der Waals surface area contributed by atoms with Gasteiger partial charge in [-0.1, -0.05) is 48.0 Å². The Morgan fingerprint density at radius 3 is 2.48 bits per heavy atom. The Labute approximate surface area is 137 Å². The average Bonchev–Trinajstić information content (AvgIpc) is 2.88. The minimum atomic E-state index is 0.902. The molecule has 0 radical (unpaired) electrons. The Morgan fingerprint density at radius 1 is 0.913 bits per heavy atom. The molecule has 3 aromatic carbocycles. The Hall–Kier alpha value is -2.61. The number of hydrogen-bond acceptors (Lipinski definition) is 2. The third-order valence-electron chi connectivity index (χ3n) is 4.63. The van der Waals surface area contributed by atoms with Crippen LogP contribution in [-0.2, 0) is 6.54 Å². The minimum Gasteiger partial charge on any atom is -0.370 e. The van der Waals surface area contributed by atoms with E-state index in [0.29, 0.717) is 0 Å². The second kappa shape index (κ2) is 5.24. The number of nitrogens with zero attached hydrogens (tertiary/aromatic N) is 2. The van der Waals surface area contributed by atoms with Gasteiger partial charge in [-0.2, -0.15) is 0 Å². The summed E-state index contributed by atoms with van der Waals surface area (Å²) in [5, 5.41) is 2.58. The molecule has 0 bridgehead atoms. The summed E-state index contributed by atoms with van der Waals surface area (Å²) < 4.78 is 0. The highest BCUT2D eigenvalue weighted by Gasteiger charge is 2.18. The second-order valence-electron chi connectivity index (χ2n) is 6.37. The Kier molecular flexibility index (Phi) is 3.19. The number of anilines is 1. The van der Waals surface area contributed by atoms with E-state index in [-0.39, 0.29) is 0 Å². The molecule has 0 aliphatic carbocycles. The molecule has 2 nitrogen and oxygen atoms in total. The molecule has 2 heteroatoms. The van der Waals surface area contributed by atoms with Crippen LogP contribution in [0.4, 0.5) is 11.4 Å². The zero-order chi connectivity index (χ0) is 16.0. The SMILES string of the molecule is CC1=Nc2ccc(N(C)Cc3ccc(C)cc3)c3cccc1c23. The van der Waals surface area contributed by atoms with E-state index in [1.54, 1.807) is 0 Å². The molecule has 0 atom stereocenters. The molecule has 0 saturated heterocycles. The Bertz CT molecular complexity index is 920. The van der Waals surface area contributed by atoms with E-state index >= 15 is 0 Å². The first-order valence-corrected chi connectivity index (χ1v) is 8.01. The lowest BCUT2D eigenvalue weighted by Gasteiger charge is -2.22. The summed E-state index contributed by atoms with van der Waals surface area (Å²) in [5.41, 5.74) is 7.37. The molecule has 114 valence electrons. The van der Waals surface area contributed by atoms with Crippen LogP contribution in [-0.4, -0.2) is 12.8 Å². The normalized spacial score (nSPS) is 12.6. The number of benzene rings is 3. The predicted molar refractivity (Wildman–Crippen MR) is 99.1 cm³/mol. The van der Waals surface area contributed by atoms with Crippen molar-refractivity contribution in [2.75, 3.05) is 11.9 Å². The largest absolute Gasteiger partial charge is 0.370 e. The maximum absolute atomic E-state index is 4.69. The molecule has 0 saturated carbocycles. The number of hydrogen-bond donors (Lipinski definition) is 0. The highest BCUT2D eigenvalue weighted by molar-refractivity contribution is 6.21. The fourth-order valence-corrected chi connectivity index (χ4v) is 3.39. The highest BCUT2D eigenvalue weighted by atomic mass is 15.1. The van der Waals surface area contributed by atoms with Gasteiger partial charge in [0.15, 0.2) is 0 Å². The first-order chi connectivity index (χ1) is 11.1. The lowest BCUT2D eigenvalue weighted by Crippen LogP contribution is -2.16. The molecule has 0 amide bonds. The van der Waals surface area contributed by atoms with Crippen molar-refractivity contribution in [3.05, 3.63) is 71.3 Å². The molecule has 1 heterocycles. The first kappa shape index (κ1) is 14.0. The van der Waals surface area contributed by atoms with Crippen molar-refractivity contribution in [3.63, 3.8) is 0 Å². The van der Waals surface area contributed by atoms with Crippen LogP contribution >= 0.6 is 0 Å². The third-order valence-corrected chi connectivity index (χ3v) is 4.63. The molecule has 23 heavy (non-hydrogen) atoms. The summed E-state index contributed by atoms with van der Waals surface area (Å²) in [6.07, 6.45) is 0. The molecule has 1 aliphatic heterocycles. The van der Waals surface area contributed by atoms with Crippen LogP contribution in [0, 0.1) is 6.92 Å². The summed E-state index contributed by atoms with van der Waals surface area (Å²) in [4.78, 5) is 7.01. The molecule has 4 rings (SSSR count). The van der Waals surface area contributed by atoms with Crippen molar-refractivity contribution in [2.24, 2.45) is 4.99 Å². The van der Waals surface area contributed by atoms with E-state index in [0.717, 1.165) is 17.9 Å². The number of aryl methyl sites for hydroxylation is 1. The zero-order valence-corrected chi connectivity index (χ0v) is 13.8. The van der Waals surface area contributed by atoms with Crippen LogP contribution in [0.1, 0.15) is 23.6 Å². The minimum absolute atomic E-state index is 0.902. The molecule has 0 spiro atoms. The summed E-state index contributed by atoms with van der Waals surface area (Å²) in [7, 11) is 2.16. The van der Waals surface area contributed by atoms with E-state index in [9.17, 15) is 0 Å². The van der Waals surface area contributed by atoms with Gasteiger partial charge in [0.1, 0.15) is 0 Å². The molecule has 0 fully saturated rings. The van der Waals surface area contributed by atoms with E-state index in [4.69, 9.17) is 0 Å². The summed E-state index contributed by atoms with van der Waals surface area (Å²) in [5.74, 6) is 0. The van der Waals surface area contributed by atoms with Gasteiger partial charge >= 0.3 is 0 Å². The fourth-order valence-electron chi connectivity index (χ4n) is 3.39. The van der Waals surface area contributed by atoms with Crippen LogP contribution in [0.2, 0.25) is 0 Å². The fraction of sp³-hybridized carbons (Fsp3) is 0.190. The van der Waals surface area contributed by atoms with Gasteiger partial charge in [0, 0.05) is 41.3 Å². The zero-order valence-electron chi connectivity index (χ0n) is 13.8. The molecule has 0 unspecified atom stereocenters. The van der Waals surface area contributed by atoms with Crippen molar-refractivity contribution < 1.29 is 0 Å². The molecule has 1 aliphatic rings. The van der Waals surface area contributed by atoms with Gasteiger partial charge in [-0.05, 0) is 31.5 Å². The van der Waals surface area contributed by atoms with Gasteiger partial charge in [0.25, 0.3) is 0 Å². The van der Waals surface area contributed by atoms with Crippen molar-refractivity contribution >= 4 is 27.9 Å². The van der Waals surface area contributed by atoms with E-state index in [1.807, 2.05) is 0 Å². The highest BCUT2D eigenvalue weighted by Crippen LogP contribution is 2.40. The maximum atomic E-state index is 4.69. The van der Waals surface area contributed by atoms with Gasteiger partial charge in [-0.3, -0.25) is 4.99 Å². The lowest BCUT2D eigenvalue weighted by molar-refractivity contribution is 0.927. The standard InChI is InChI=1S/C21H20N2/c1-14-7-9-16(10-8-14)13-23(3)20-12-11-19-21-17(15(2)22-19)5-4-6-18(20)21/h4-12H,13H2,1-3H3. The van der Waals surface area contributed by atoms with Crippen molar-refractivity contribution in [3.8, 4) is 0 Å². The maximum Gasteiger partial charge on any atom is 0.0719 e. The molecular weight excluding hydrogens is 280 g/mol. The Morgan fingerprint density at radius 2 is 1.70 bits per heavy atom. The quantitative estimate of drug-likeness (QED) is 0.646. The number of rotatable bonds is 3. The molecule has 0 aromatic heterocycles. The topological polar surface area (TPSA) is 15.6 Å². The summed E-state index contributed by atoms with van der Waals surface area (Å²) >= 11 is 0. The summed E-state index contributed by atoms with van der Waals surface area (Å²) in [6, 6.07) is 19.6. The van der Waals surface area contributed by atoms with Gasteiger partial charge in [0.05, 0.1) is 5.69 Å². The van der Waals surface area contributed by atoms with Crippen molar-refractivity contribution in [1.29, 1.82) is 0 Å². The third kappa shape index (κ3) is 2.31. The van der Waals surface area contributed by atoms with Crippen LogP contribution in [0.25, 0.3) is 10.8 Å². The second-order valence-corrected chi connectivity index (χ2v) is 6.37. The van der Waals surface area contributed by atoms with Gasteiger partial charge < -0.3 is 4.90 Å². The van der Waals surface area contributed by atoms with Crippen LogP contribution in [0.5, 0.6) is 0 Å². The smallest absolute Gasteiger partial charge is 0.0719 e. The monoisotopic (exact) mass is 300 g/mol. The van der Waals surface area contributed by atoms with Gasteiger partial charge in [-0.25, -0.2) is 0 Å². The average molecular weight is 300 g/mol. The van der Waals surface area contributed by atoms with E-state index in [1.165, 1.54) is 33.2 Å². The van der Waals surface area contributed by atoms with Crippen LogP contribution in [0.3, 0.4) is 0 Å². The predicted octanol–water partition coefficient (Wildman–Crippen LogP) is 5.24. The first-order valence-electron chi connectivity index (χ1n) is 8.01. The van der Waals surface area contributed by atoms with Crippen LogP contribution < -0.4 is 4.90 Å². The van der Waals surface area contributed by atoms with E-state index < -0.39 is 0 Å². The number of aliphatic imine (C=N–C) groups is 1. The van der Waals surface area contributed by atoms with Crippen LogP contribution in [0.15, 0.2) is 59.6 Å². The lowest BCUT2D eigenvalue weighted by atomic mass is 10.0. The molecule has 0 N–H and O–H groups in total.